The number of benzene rings is 1. The fraction of sp³-hybridized carbons (Fsp3) is 0.500. The van der Waals surface area contributed by atoms with Gasteiger partial charge in [-0.3, -0.25) is 0 Å². The predicted octanol–water partition coefficient (Wildman–Crippen LogP) is 3.52. The van der Waals surface area contributed by atoms with Crippen LogP contribution in [0.25, 0.3) is 0 Å². The highest BCUT2D eigenvalue weighted by atomic mass is 32.2. The lowest BCUT2D eigenvalue weighted by Crippen LogP contribution is -2.08. The SMILES string of the molecule is CSCC(SC)c1ccc(N(C)C)cc1. The van der Waals surface area contributed by atoms with Crippen LogP contribution >= 0.6 is 23.5 Å². The third kappa shape index (κ3) is 3.65. The molecule has 0 amide bonds. The van der Waals surface area contributed by atoms with Gasteiger partial charge in [0.15, 0.2) is 0 Å². The molecule has 0 fully saturated rings. The van der Waals surface area contributed by atoms with E-state index < -0.39 is 0 Å². The molecule has 0 bridgehead atoms. The summed E-state index contributed by atoms with van der Waals surface area (Å²) in [6.07, 6.45) is 4.35. The maximum absolute atomic E-state index is 2.24. The average molecular weight is 241 g/mol. The monoisotopic (exact) mass is 241 g/mol. The zero-order valence-electron chi connectivity index (χ0n) is 9.86. The predicted molar refractivity (Wildman–Crippen MR) is 75.4 cm³/mol. The Morgan fingerprint density at radius 2 is 1.73 bits per heavy atom. The molecule has 0 heterocycles. The topological polar surface area (TPSA) is 3.24 Å². The minimum Gasteiger partial charge on any atom is -0.378 e. The molecule has 0 radical (unpaired) electrons. The van der Waals surface area contributed by atoms with Crippen molar-refractivity contribution >= 4 is 29.2 Å². The van der Waals surface area contributed by atoms with Gasteiger partial charge in [0.1, 0.15) is 0 Å². The van der Waals surface area contributed by atoms with Crippen molar-refractivity contribution in [3.05, 3.63) is 29.8 Å². The van der Waals surface area contributed by atoms with E-state index in [0.717, 1.165) is 0 Å². The van der Waals surface area contributed by atoms with Gasteiger partial charge in [0.25, 0.3) is 0 Å². The molecule has 3 heteroatoms. The van der Waals surface area contributed by atoms with Gasteiger partial charge in [-0.1, -0.05) is 12.1 Å². The summed E-state index contributed by atoms with van der Waals surface area (Å²) < 4.78 is 0. The van der Waals surface area contributed by atoms with Crippen LogP contribution in [-0.4, -0.2) is 32.4 Å². The quantitative estimate of drug-likeness (QED) is 0.776. The maximum atomic E-state index is 2.24. The molecule has 1 atom stereocenters. The Bertz CT molecular complexity index is 282. The number of hydrogen-bond acceptors (Lipinski definition) is 3. The van der Waals surface area contributed by atoms with Crippen LogP contribution in [0.5, 0.6) is 0 Å². The van der Waals surface area contributed by atoms with Crippen LogP contribution in [0.15, 0.2) is 24.3 Å². The number of anilines is 1. The van der Waals surface area contributed by atoms with Gasteiger partial charge < -0.3 is 4.90 Å². The summed E-state index contributed by atoms with van der Waals surface area (Å²) in [4.78, 5) is 2.13. The zero-order valence-corrected chi connectivity index (χ0v) is 11.5. The van der Waals surface area contributed by atoms with Gasteiger partial charge in [-0.05, 0) is 30.2 Å². The first-order chi connectivity index (χ1) is 7.19. The average Bonchev–Trinajstić information content (AvgIpc) is 2.26. The minimum atomic E-state index is 0.621. The standard InChI is InChI=1S/C12H19NS2/c1-13(2)11-7-5-10(6-8-11)12(15-4)9-14-3/h5-8,12H,9H2,1-4H3. The fourth-order valence-corrected chi connectivity index (χ4v) is 3.32. The molecular formula is C12H19NS2. The summed E-state index contributed by atoms with van der Waals surface area (Å²) in [5.41, 5.74) is 2.70. The molecule has 1 nitrogen and oxygen atoms in total. The molecule has 0 aliphatic carbocycles. The lowest BCUT2D eigenvalue weighted by Gasteiger charge is -2.16. The molecule has 84 valence electrons. The van der Waals surface area contributed by atoms with Crippen LogP contribution in [0, 0.1) is 0 Å². The molecule has 0 aromatic heterocycles. The third-order valence-corrected chi connectivity index (χ3v) is 4.27. The van der Waals surface area contributed by atoms with E-state index in [1.165, 1.54) is 17.0 Å². The summed E-state index contributed by atoms with van der Waals surface area (Å²) in [7, 11) is 4.14. The first kappa shape index (κ1) is 12.8. The smallest absolute Gasteiger partial charge is 0.0384 e. The summed E-state index contributed by atoms with van der Waals surface area (Å²) >= 11 is 3.84. The summed E-state index contributed by atoms with van der Waals surface area (Å²) in [6, 6.07) is 8.87. The number of hydrogen-bond donors (Lipinski definition) is 0. The van der Waals surface area contributed by atoms with Crippen LogP contribution < -0.4 is 4.90 Å². The molecule has 1 rings (SSSR count). The molecule has 0 aliphatic heterocycles. The molecule has 15 heavy (non-hydrogen) atoms. The summed E-state index contributed by atoms with van der Waals surface area (Å²) in [5.74, 6) is 1.18. The largest absolute Gasteiger partial charge is 0.378 e. The highest BCUT2D eigenvalue weighted by molar-refractivity contribution is 8.02. The lowest BCUT2D eigenvalue weighted by atomic mass is 10.1. The fourth-order valence-electron chi connectivity index (χ4n) is 1.44. The van der Waals surface area contributed by atoms with Gasteiger partial charge >= 0.3 is 0 Å². The van der Waals surface area contributed by atoms with E-state index in [2.05, 4.69) is 55.8 Å². The first-order valence-electron chi connectivity index (χ1n) is 4.98. The third-order valence-electron chi connectivity index (χ3n) is 2.38. The zero-order chi connectivity index (χ0) is 11.3. The molecule has 0 spiro atoms. The molecule has 1 unspecified atom stereocenters. The first-order valence-corrected chi connectivity index (χ1v) is 7.66. The van der Waals surface area contributed by atoms with Gasteiger partial charge in [0.05, 0.1) is 0 Å². The molecule has 0 aliphatic rings. The van der Waals surface area contributed by atoms with E-state index >= 15 is 0 Å². The van der Waals surface area contributed by atoms with Crippen molar-refractivity contribution in [2.24, 2.45) is 0 Å². The maximum Gasteiger partial charge on any atom is 0.0384 e. The Labute approximate surface area is 102 Å². The van der Waals surface area contributed by atoms with E-state index in [-0.39, 0.29) is 0 Å². The summed E-state index contributed by atoms with van der Waals surface area (Å²) in [6.45, 7) is 0. The second kappa shape index (κ2) is 6.33. The normalized spacial score (nSPS) is 12.5. The molecule has 1 aromatic rings. The van der Waals surface area contributed by atoms with Crippen molar-refractivity contribution < 1.29 is 0 Å². The number of rotatable bonds is 5. The molecule has 0 saturated heterocycles. The van der Waals surface area contributed by atoms with Crippen LogP contribution in [0.1, 0.15) is 10.8 Å². The second-order valence-corrected chi connectivity index (χ2v) is 5.62. The highest BCUT2D eigenvalue weighted by Crippen LogP contribution is 2.30. The van der Waals surface area contributed by atoms with E-state index in [4.69, 9.17) is 0 Å². The minimum absolute atomic E-state index is 0.621. The van der Waals surface area contributed by atoms with Gasteiger partial charge in [0.2, 0.25) is 0 Å². The van der Waals surface area contributed by atoms with Crippen molar-refractivity contribution in [2.75, 3.05) is 37.3 Å². The number of nitrogens with zero attached hydrogens (tertiary/aromatic N) is 1. The van der Waals surface area contributed by atoms with Crippen LogP contribution in [0.2, 0.25) is 0 Å². The van der Waals surface area contributed by atoms with Crippen LogP contribution in [0.4, 0.5) is 5.69 Å². The van der Waals surface area contributed by atoms with E-state index in [1.54, 1.807) is 0 Å². The Hall–Kier alpha value is -0.280. The second-order valence-electron chi connectivity index (χ2n) is 3.67. The van der Waals surface area contributed by atoms with E-state index in [0.29, 0.717) is 5.25 Å². The molecular weight excluding hydrogens is 222 g/mol. The van der Waals surface area contributed by atoms with Crippen molar-refractivity contribution in [1.29, 1.82) is 0 Å². The Morgan fingerprint density at radius 1 is 1.13 bits per heavy atom. The van der Waals surface area contributed by atoms with Crippen molar-refractivity contribution in [1.82, 2.24) is 0 Å². The molecule has 0 saturated carbocycles. The number of thioether (sulfide) groups is 2. The Morgan fingerprint density at radius 3 is 2.13 bits per heavy atom. The molecule has 1 aromatic carbocycles. The van der Waals surface area contributed by atoms with Crippen molar-refractivity contribution in [3.8, 4) is 0 Å². The van der Waals surface area contributed by atoms with Crippen LogP contribution in [-0.2, 0) is 0 Å². The highest BCUT2D eigenvalue weighted by Gasteiger charge is 2.08. The summed E-state index contributed by atoms with van der Waals surface area (Å²) in [5, 5.41) is 0.621. The van der Waals surface area contributed by atoms with Gasteiger partial charge in [0, 0.05) is 30.8 Å². The van der Waals surface area contributed by atoms with E-state index in [1.807, 2.05) is 23.5 Å². The van der Waals surface area contributed by atoms with Gasteiger partial charge in [-0.25, -0.2) is 0 Å². The van der Waals surface area contributed by atoms with E-state index in [9.17, 15) is 0 Å². The van der Waals surface area contributed by atoms with Gasteiger partial charge in [-0.2, -0.15) is 23.5 Å². The Kier molecular flexibility index (Phi) is 5.40. The van der Waals surface area contributed by atoms with Crippen molar-refractivity contribution in [3.63, 3.8) is 0 Å². The lowest BCUT2D eigenvalue weighted by molar-refractivity contribution is 1.10. The van der Waals surface area contributed by atoms with Crippen molar-refractivity contribution in [2.45, 2.75) is 5.25 Å². The van der Waals surface area contributed by atoms with Crippen LogP contribution in [0.3, 0.4) is 0 Å². The Balaban J connectivity index is 2.77. The molecule has 0 N–H and O–H groups in total. The van der Waals surface area contributed by atoms with Gasteiger partial charge in [-0.15, -0.1) is 0 Å².